The van der Waals surface area contributed by atoms with E-state index in [9.17, 15) is 14.4 Å². The highest BCUT2D eigenvalue weighted by molar-refractivity contribution is 5.97. The Morgan fingerprint density at radius 2 is 1.92 bits per heavy atom. The van der Waals surface area contributed by atoms with Gasteiger partial charge in [-0.1, -0.05) is 13.0 Å². The van der Waals surface area contributed by atoms with E-state index < -0.39 is 5.97 Å². The summed E-state index contributed by atoms with van der Waals surface area (Å²) in [7, 11) is 0. The molecular weight excluding hydrogens is 308 g/mol. The Balaban J connectivity index is 1.92. The molecule has 1 fully saturated rings. The number of carbonyl (C=O) groups excluding carboxylic acids is 2. The smallest absolute Gasteiger partial charge is 0.303 e. The highest BCUT2D eigenvalue weighted by Gasteiger charge is 2.21. The summed E-state index contributed by atoms with van der Waals surface area (Å²) in [6, 6.07) is 6.90. The molecule has 1 heterocycles. The first-order chi connectivity index (χ1) is 11.5. The molecule has 1 aliphatic rings. The van der Waals surface area contributed by atoms with Crippen molar-refractivity contribution in [3.05, 3.63) is 29.8 Å². The third-order valence-corrected chi connectivity index (χ3v) is 4.26. The standard InChI is InChI=1S/C18H24N2O4/c1-13-8-10-20(11-9-13)18(24)14-4-2-5-15(12-14)19-16(21)6-3-7-17(22)23/h2,4-5,12-13H,3,6-11H2,1H3,(H,19,21)(H,22,23). The van der Waals surface area contributed by atoms with Crippen LogP contribution in [-0.2, 0) is 9.59 Å². The molecule has 0 bridgehead atoms. The van der Waals surface area contributed by atoms with Gasteiger partial charge in [0.25, 0.3) is 5.91 Å². The van der Waals surface area contributed by atoms with E-state index in [1.54, 1.807) is 24.3 Å². The van der Waals surface area contributed by atoms with Crippen LogP contribution in [0.1, 0.15) is 49.4 Å². The number of aliphatic carboxylic acids is 1. The summed E-state index contributed by atoms with van der Waals surface area (Å²) < 4.78 is 0. The quantitative estimate of drug-likeness (QED) is 0.838. The minimum absolute atomic E-state index is 0.0103. The lowest BCUT2D eigenvalue weighted by Crippen LogP contribution is -2.37. The number of nitrogens with zero attached hydrogens (tertiary/aromatic N) is 1. The second-order valence-corrected chi connectivity index (χ2v) is 6.35. The van der Waals surface area contributed by atoms with Crippen LogP contribution in [0.15, 0.2) is 24.3 Å². The number of carbonyl (C=O) groups is 3. The average molecular weight is 332 g/mol. The Morgan fingerprint density at radius 3 is 2.58 bits per heavy atom. The number of carboxylic acids is 1. The number of carboxylic acid groups (broad SMARTS) is 1. The molecule has 1 aromatic carbocycles. The number of anilines is 1. The molecule has 0 unspecified atom stereocenters. The first-order valence-electron chi connectivity index (χ1n) is 8.36. The van der Waals surface area contributed by atoms with E-state index in [4.69, 9.17) is 5.11 Å². The second-order valence-electron chi connectivity index (χ2n) is 6.35. The zero-order valence-electron chi connectivity index (χ0n) is 14.0. The number of nitrogens with one attached hydrogen (secondary N) is 1. The summed E-state index contributed by atoms with van der Waals surface area (Å²) in [4.78, 5) is 36.7. The van der Waals surface area contributed by atoms with Crippen molar-refractivity contribution in [2.24, 2.45) is 5.92 Å². The van der Waals surface area contributed by atoms with E-state index in [1.165, 1.54) is 0 Å². The molecule has 0 saturated carbocycles. The number of benzene rings is 1. The lowest BCUT2D eigenvalue weighted by molar-refractivity contribution is -0.137. The zero-order chi connectivity index (χ0) is 17.5. The summed E-state index contributed by atoms with van der Waals surface area (Å²) in [6.07, 6.45) is 2.46. The molecule has 2 rings (SSSR count). The molecule has 6 heteroatoms. The minimum atomic E-state index is -0.911. The van der Waals surface area contributed by atoms with E-state index in [2.05, 4.69) is 12.2 Å². The Morgan fingerprint density at radius 1 is 1.21 bits per heavy atom. The van der Waals surface area contributed by atoms with Crippen LogP contribution in [0.2, 0.25) is 0 Å². The maximum atomic E-state index is 12.5. The van der Waals surface area contributed by atoms with Crippen LogP contribution in [-0.4, -0.2) is 40.9 Å². The molecule has 2 amide bonds. The molecule has 0 aliphatic carbocycles. The fourth-order valence-electron chi connectivity index (χ4n) is 2.75. The monoisotopic (exact) mass is 332 g/mol. The highest BCUT2D eigenvalue weighted by Crippen LogP contribution is 2.19. The van der Waals surface area contributed by atoms with Crippen LogP contribution in [0.25, 0.3) is 0 Å². The molecule has 6 nitrogen and oxygen atoms in total. The van der Waals surface area contributed by atoms with Gasteiger partial charge >= 0.3 is 5.97 Å². The SMILES string of the molecule is CC1CCN(C(=O)c2cccc(NC(=O)CCCC(=O)O)c2)CC1. The Kier molecular flexibility index (Phi) is 6.35. The van der Waals surface area contributed by atoms with Gasteiger partial charge in [-0.05, 0) is 43.4 Å². The van der Waals surface area contributed by atoms with Crippen LogP contribution < -0.4 is 5.32 Å². The normalized spacial score (nSPS) is 15.1. The van der Waals surface area contributed by atoms with E-state index in [1.807, 2.05) is 4.90 Å². The van der Waals surface area contributed by atoms with Crippen LogP contribution in [0.5, 0.6) is 0 Å². The second kappa shape index (κ2) is 8.47. The third kappa shape index (κ3) is 5.37. The Hall–Kier alpha value is -2.37. The molecule has 24 heavy (non-hydrogen) atoms. The summed E-state index contributed by atoms with van der Waals surface area (Å²) in [5.41, 5.74) is 1.12. The predicted molar refractivity (Wildman–Crippen MR) is 90.9 cm³/mol. The largest absolute Gasteiger partial charge is 0.481 e. The number of piperidine rings is 1. The fourth-order valence-corrected chi connectivity index (χ4v) is 2.75. The molecule has 1 aromatic rings. The van der Waals surface area contributed by atoms with Gasteiger partial charge in [0.1, 0.15) is 0 Å². The average Bonchev–Trinajstić information content (AvgIpc) is 2.55. The van der Waals surface area contributed by atoms with E-state index in [-0.39, 0.29) is 24.7 Å². The van der Waals surface area contributed by atoms with Gasteiger partial charge in [-0.3, -0.25) is 14.4 Å². The fraction of sp³-hybridized carbons (Fsp3) is 0.500. The Bertz CT molecular complexity index is 607. The molecule has 0 aromatic heterocycles. The van der Waals surface area contributed by atoms with Crippen LogP contribution in [0.4, 0.5) is 5.69 Å². The van der Waals surface area contributed by atoms with Crippen molar-refractivity contribution in [3.63, 3.8) is 0 Å². The molecule has 0 atom stereocenters. The van der Waals surface area contributed by atoms with Gasteiger partial charge in [0.05, 0.1) is 0 Å². The summed E-state index contributed by atoms with van der Waals surface area (Å²) in [6.45, 7) is 3.74. The van der Waals surface area contributed by atoms with Crippen molar-refractivity contribution in [2.45, 2.75) is 39.0 Å². The van der Waals surface area contributed by atoms with Crippen LogP contribution in [0.3, 0.4) is 0 Å². The Labute approximate surface area is 141 Å². The van der Waals surface area contributed by atoms with Gasteiger partial charge < -0.3 is 15.3 Å². The summed E-state index contributed by atoms with van der Waals surface area (Å²) >= 11 is 0. The molecule has 2 N–H and O–H groups in total. The van der Waals surface area contributed by atoms with E-state index >= 15 is 0 Å². The predicted octanol–water partition coefficient (Wildman–Crippen LogP) is 2.75. The van der Waals surface area contributed by atoms with Gasteiger partial charge in [0.2, 0.25) is 5.91 Å². The van der Waals surface area contributed by atoms with Gasteiger partial charge in [-0.2, -0.15) is 0 Å². The summed E-state index contributed by atoms with van der Waals surface area (Å²) in [5, 5.41) is 11.3. The van der Waals surface area contributed by atoms with E-state index in [0.29, 0.717) is 23.6 Å². The molecule has 1 aliphatic heterocycles. The maximum Gasteiger partial charge on any atom is 0.303 e. The lowest BCUT2D eigenvalue weighted by atomic mass is 9.98. The van der Waals surface area contributed by atoms with Crippen molar-refractivity contribution >= 4 is 23.5 Å². The van der Waals surface area contributed by atoms with Crippen LogP contribution >= 0.6 is 0 Å². The number of hydrogen-bond donors (Lipinski definition) is 2. The number of likely N-dealkylation sites (tertiary alicyclic amines) is 1. The van der Waals surface area contributed by atoms with Crippen molar-refractivity contribution in [1.82, 2.24) is 4.90 Å². The van der Waals surface area contributed by atoms with Crippen molar-refractivity contribution < 1.29 is 19.5 Å². The first kappa shape index (κ1) is 18.0. The van der Waals surface area contributed by atoms with Crippen molar-refractivity contribution in [3.8, 4) is 0 Å². The topological polar surface area (TPSA) is 86.7 Å². The zero-order valence-corrected chi connectivity index (χ0v) is 14.0. The van der Waals surface area contributed by atoms with Crippen LogP contribution in [0, 0.1) is 5.92 Å². The van der Waals surface area contributed by atoms with Gasteiger partial charge in [0, 0.05) is 37.2 Å². The van der Waals surface area contributed by atoms with Crippen molar-refractivity contribution in [2.75, 3.05) is 18.4 Å². The van der Waals surface area contributed by atoms with Crippen molar-refractivity contribution in [1.29, 1.82) is 0 Å². The van der Waals surface area contributed by atoms with Gasteiger partial charge in [-0.25, -0.2) is 0 Å². The lowest BCUT2D eigenvalue weighted by Gasteiger charge is -2.30. The van der Waals surface area contributed by atoms with Gasteiger partial charge in [-0.15, -0.1) is 0 Å². The summed E-state index contributed by atoms with van der Waals surface area (Å²) in [5.74, 6) is -0.506. The molecular formula is C18H24N2O4. The maximum absolute atomic E-state index is 12.5. The first-order valence-corrected chi connectivity index (χ1v) is 8.36. The molecule has 1 saturated heterocycles. The molecule has 0 radical (unpaired) electrons. The number of amides is 2. The minimum Gasteiger partial charge on any atom is -0.481 e. The number of hydrogen-bond acceptors (Lipinski definition) is 3. The number of rotatable bonds is 6. The third-order valence-electron chi connectivity index (χ3n) is 4.26. The van der Waals surface area contributed by atoms with Gasteiger partial charge in [0.15, 0.2) is 0 Å². The van der Waals surface area contributed by atoms with E-state index in [0.717, 1.165) is 25.9 Å². The highest BCUT2D eigenvalue weighted by atomic mass is 16.4. The molecule has 0 spiro atoms. The molecule has 130 valence electrons.